The molecule has 0 saturated heterocycles. The number of nitrogens with one attached hydrogen (secondary N) is 3. The average Bonchev–Trinajstić information content (AvgIpc) is 3.25. The number of rotatable bonds is 6. The average molecular weight is 464 g/mol. The number of benzene rings is 2. The molecule has 0 bridgehead atoms. The SMILES string of the molecule is Cc1cccc(NC(=O)OCc2cnc(-c3cc4nc(C(=O)O)c(=O)[nH]c4cc3[N+](=O)[O-])[nH]2)c1. The number of aryl methyl sites for hydroxylation is 1. The van der Waals surface area contributed by atoms with Crippen LogP contribution in [0, 0.1) is 17.0 Å². The first-order chi connectivity index (χ1) is 16.2. The summed E-state index contributed by atoms with van der Waals surface area (Å²) >= 11 is 0. The van der Waals surface area contributed by atoms with Crippen molar-refractivity contribution in [2.75, 3.05) is 5.32 Å². The number of anilines is 1. The summed E-state index contributed by atoms with van der Waals surface area (Å²) < 4.78 is 5.15. The Labute approximate surface area is 189 Å². The molecule has 0 fully saturated rings. The Morgan fingerprint density at radius 3 is 2.74 bits per heavy atom. The van der Waals surface area contributed by atoms with E-state index < -0.39 is 33.9 Å². The summed E-state index contributed by atoms with van der Waals surface area (Å²) in [6.07, 6.45) is 0.638. The summed E-state index contributed by atoms with van der Waals surface area (Å²) in [7, 11) is 0. The van der Waals surface area contributed by atoms with E-state index in [9.17, 15) is 24.5 Å². The van der Waals surface area contributed by atoms with Crippen LogP contribution in [0.25, 0.3) is 22.4 Å². The van der Waals surface area contributed by atoms with Crippen molar-refractivity contribution in [1.29, 1.82) is 0 Å². The molecule has 13 nitrogen and oxygen atoms in total. The maximum Gasteiger partial charge on any atom is 0.412 e. The number of carboxylic acid groups (broad SMARTS) is 1. The molecule has 0 saturated carbocycles. The number of nitrogens with zero attached hydrogens (tertiary/aromatic N) is 3. The van der Waals surface area contributed by atoms with E-state index in [1.807, 2.05) is 13.0 Å². The topological polar surface area (TPSA) is 193 Å². The number of carbonyl (C=O) groups is 2. The van der Waals surface area contributed by atoms with Crippen LogP contribution in [0.15, 0.2) is 47.4 Å². The fraction of sp³-hybridized carbons (Fsp3) is 0.0952. The smallest absolute Gasteiger partial charge is 0.412 e. The van der Waals surface area contributed by atoms with E-state index in [-0.39, 0.29) is 29.0 Å². The molecule has 2 aromatic carbocycles. The van der Waals surface area contributed by atoms with Gasteiger partial charge in [-0.2, -0.15) is 0 Å². The van der Waals surface area contributed by atoms with Gasteiger partial charge in [-0.25, -0.2) is 19.6 Å². The number of hydrogen-bond donors (Lipinski definition) is 4. The van der Waals surface area contributed by atoms with Gasteiger partial charge in [-0.15, -0.1) is 0 Å². The number of aromatic nitrogens is 4. The number of aromatic carboxylic acids is 1. The van der Waals surface area contributed by atoms with E-state index in [4.69, 9.17) is 9.84 Å². The Bertz CT molecular complexity index is 1510. The molecule has 34 heavy (non-hydrogen) atoms. The molecule has 0 aliphatic heterocycles. The van der Waals surface area contributed by atoms with Crippen LogP contribution in [0.1, 0.15) is 21.7 Å². The third-order valence-corrected chi connectivity index (χ3v) is 4.72. The van der Waals surface area contributed by atoms with Gasteiger partial charge in [0.1, 0.15) is 12.4 Å². The highest BCUT2D eigenvalue weighted by Crippen LogP contribution is 2.31. The quantitative estimate of drug-likeness (QED) is 0.245. The van der Waals surface area contributed by atoms with Gasteiger partial charge in [0.2, 0.25) is 5.69 Å². The summed E-state index contributed by atoms with van der Waals surface area (Å²) in [5, 5.41) is 23.3. The van der Waals surface area contributed by atoms with E-state index >= 15 is 0 Å². The fourth-order valence-corrected chi connectivity index (χ4v) is 3.20. The fourth-order valence-electron chi connectivity index (χ4n) is 3.20. The summed E-state index contributed by atoms with van der Waals surface area (Å²) in [6.45, 7) is 1.69. The third-order valence-electron chi connectivity index (χ3n) is 4.72. The number of imidazole rings is 1. The van der Waals surface area contributed by atoms with Crippen molar-refractivity contribution in [2.24, 2.45) is 0 Å². The number of carbonyl (C=O) groups excluding carboxylic acids is 1. The molecule has 1 amide bonds. The Kier molecular flexibility index (Phi) is 5.74. The van der Waals surface area contributed by atoms with Crippen molar-refractivity contribution in [3.63, 3.8) is 0 Å². The highest BCUT2D eigenvalue weighted by Gasteiger charge is 2.22. The minimum Gasteiger partial charge on any atom is -0.476 e. The molecule has 0 radical (unpaired) electrons. The molecule has 2 aromatic heterocycles. The molecule has 4 aromatic rings. The molecule has 0 atom stereocenters. The molecule has 0 unspecified atom stereocenters. The van der Waals surface area contributed by atoms with Gasteiger partial charge in [-0.3, -0.25) is 20.2 Å². The standard InChI is InChI=1S/C21H16N6O7/c1-10-3-2-4-11(5-10)24-21(31)34-9-12-8-22-18(23-12)13-6-14-15(7-16(13)27(32)33)26-19(28)17(25-14)20(29)30/h2-8H,9H2,1H3,(H,22,23)(H,24,31)(H,26,28)(H,29,30). The lowest BCUT2D eigenvalue weighted by Crippen LogP contribution is -2.19. The molecule has 13 heteroatoms. The zero-order valence-corrected chi connectivity index (χ0v) is 17.5. The number of aromatic amines is 2. The van der Waals surface area contributed by atoms with E-state index in [0.717, 1.165) is 11.6 Å². The van der Waals surface area contributed by atoms with Crippen LogP contribution in [-0.2, 0) is 11.3 Å². The van der Waals surface area contributed by atoms with Gasteiger partial charge in [-0.05, 0) is 30.7 Å². The number of hydrogen-bond acceptors (Lipinski definition) is 8. The van der Waals surface area contributed by atoms with Gasteiger partial charge in [0, 0.05) is 11.8 Å². The predicted octanol–water partition coefficient (Wildman–Crippen LogP) is 2.98. The summed E-state index contributed by atoms with van der Waals surface area (Å²) in [5.41, 5.74) is -0.239. The zero-order valence-electron chi connectivity index (χ0n) is 17.5. The van der Waals surface area contributed by atoms with Crippen LogP contribution in [0.2, 0.25) is 0 Å². The van der Waals surface area contributed by atoms with Crippen LogP contribution in [0.3, 0.4) is 0 Å². The molecule has 172 valence electrons. The van der Waals surface area contributed by atoms with Crippen LogP contribution >= 0.6 is 0 Å². The van der Waals surface area contributed by atoms with Crippen molar-refractivity contribution in [2.45, 2.75) is 13.5 Å². The van der Waals surface area contributed by atoms with Gasteiger partial charge in [-0.1, -0.05) is 12.1 Å². The second kappa shape index (κ2) is 8.82. The van der Waals surface area contributed by atoms with Crippen molar-refractivity contribution in [1.82, 2.24) is 19.9 Å². The minimum atomic E-state index is -1.54. The lowest BCUT2D eigenvalue weighted by atomic mass is 10.1. The second-order valence-corrected chi connectivity index (χ2v) is 7.19. The van der Waals surface area contributed by atoms with Crippen molar-refractivity contribution >= 4 is 34.5 Å². The Hall–Kier alpha value is -5.07. The van der Waals surface area contributed by atoms with Gasteiger partial charge < -0.3 is 19.8 Å². The maximum absolute atomic E-state index is 12.0. The second-order valence-electron chi connectivity index (χ2n) is 7.19. The van der Waals surface area contributed by atoms with Crippen LogP contribution in [0.4, 0.5) is 16.2 Å². The van der Waals surface area contributed by atoms with E-state index in [0.29, 0.717) is 11.4 Å². The van der Waals surface area contributed by atoms with Crippen molar-refractivity contribution in [3.8, 4) is 11.4 Å². The third kappa shape index (κ3) is 4.57. The lowest BCUT2D eigenvalue weighted by Gasteiger charge is -2.06. The van der Waals surface area contributed by atoms with Gasteiger partial charge in [0.25, 0.3) is 11.2 Å². The highest BCUT2D eigenvalue weighted by molar-refractivity contribution is 5.91. The monoisotopic (exact) mass is 464 g/mol. The Morgan fingerprint density at radius 1 is 1.24 bits per heavy atom. The molecule has 0 aliphatic rings. The number of nitro groups is 1. The molecule has 2 heterocycles. The van der Waals surface area contributed by atoms with Crippen LogP contribution in [-0.4, -0.2) is 42.0 Å². The molecular formula is C21H16N6O7. The van der Waals surface area contributed by atoms with E-state index in [2.05, 4.69) is 25.3 Å². The first-order valence-corrected chi connectivity index (χ1v) is 9.71. The van der Waals surface area contributed by atoms with Crippen LogP contribution in [0.5, 0.6) is 0 Å². The molecule has 4 N–H and O–H groups in total. The van der Waals surface area contributed by atoms with Gasteiger partial charge in [0.15, 0.2) is 0 Å². The number of ether oxygens (including phenoxy) is 1. The first-order valence-electron chi connectivity index (χ1n) is 9.71. The number of nitro benzene ring substituents is 1. The summed E-state index contributed by atoms with van der Waals surface area (Å²) in [4.78, 5) is 59.0. The first kappa shape index (κ1) is 22.1. The summed E-state index contributed by atoms with van der Waals surface area (Å²) in [5.74, 6) is -1.47. The Morgan fingerprint density at radius 2 is 2.03 bits per heavy atom. The molecule has 0 aliphatic carbocycles. The zero-order chi connectivity index (χ0) is 24.4. The number of H-pyrrole nitrogens is 2. The number of carboxylic acids is 1. The maximum atomic E-state index is 12.0. The largest absolute Gasteiger partial charge is 0.476 e. The van der Waals surface area contributed by atoms with E-state index in [1.165, 1.54) is 12.3 Å². The number of amides is 1. The molecular weight excluding hydrogens is 448 g/mol. The van der Waals surface area contributed by atoms with Crippen molar-refractivity contribution in [3.05, 3.63) is 80.0 Å². The molecule has 0 spiro atoms. The highest BCUT2D eigenvalue weighted by atomic mass is 16.6. The van der Waals surface area contributed by atoms with Crippen LogP contribution < -0.4 is 10.9 Å². The van der Waals surface area contributed by atoms with Gasteiger partial charge in [0.05, 0.1) is 33.4 Å². The predicted molar refractivity (Wildman–Crippen MR) is 119 cm³/mol. The normalized spacial score (nSPS) is 10.7. The Balaban J connectivity index is 1.59. The van der Waals surface area contributed by atoms with E-state index in [1.54, 1.807) is 18.2 Å². The number of fused-ring (bicyclic) bond motifs is 1. The summed E-state index contributed by atoms with van der Waals surface area (Å²) in [6, 6.07) is 9.45. The molecule has 4 rings (SSSR count). The van der Waals surface area contributed by atoms with Crippen molar-refractivity contribution < 1.29 is 24.4 Å². The van der Waals surface area contributed by atoms with Gasteiger partial charge >= 0.3 is 12.1 Å². The lowest BCUT2D eigenvalue weighted by molar-refractivity contribution is -0.384. The minimum absolute atomic E-state index is 0.00356.